The number of hydrogen-bond donors (Lipinski definition) is 3. The van der Waals surface area contributed by atoms with E-state index in [1.807, 2.05) is 0 Å². The summed E-state index contributed by atoms with van der Waals surface area (Å²) in [6, 6.07) is 0. The van der Waals surface area contributed by atoms with Crippen molar-refractivity contribution >= 4 is 23.5 Å². The normalized spacial score (nSPS) is 51.9. The number of allylic oxidation sites excluding steroid dienone is 4. The van der Waals surface area contributed by atoms with Gasteiger partial charge in [0.1, 0.15) is 11.4 Å². The van der Waals surface area contributed by atoms with Crippen LogP contribution in [0, 0.1) is 28.6 Å². The lowest BCUT2D eigenvalue weighted by molar-refractivity contribution is -0.253. The molecule has 0 spiro atoms. The minimum absolute atomic E-state index is 0.108. The van der Waals surface area contributed by atoms with Crippen molar-refractivity contribution < 1.29 is 28.6 Å². The fraction of sp³-hybridized carbons (Fsp3) is 0.727. The molecule has 160 valence electrons. The molecule has 2 unspecified atom stereocenters. The predicted octanol–water partition coefficient (Wildman–Crippen LogP) is 3.48. The van der Waals surface area contributed by atoms with Crippen LogP contribution in [0.15, 0.2) is 23.6 Å². The molecule has 0 saturated heterocycles. The lowest BCUT2D eigenvalue weighted by Crippen LogP contribution is -2.73. The first-order valence-corrected chi connectivity index (χ1v) is 10.7. The van der Waals surface area contributed by atoms with Crippen LogP contribution in [0.4, 0.5) is 8.78 Å². The van der Waals surface area contributed by atoms with E-state index in [2.05, 4.69) is 12.6 Å². The van der Waals surface area contributed by atoms with Crippen molar-refractivity contribution in [2.45, 2.75) is 70.2 Å². The molecule has 0 aromatic carbocycles. The summed E-state index contributed by atoms with van der Waals surface area (Å²) in [5.41, 5.74) is -6.50. The molecule has 0 bridgehead atoms. The first-order chi connectivity index (χ1) is 13.3. The van der Waals surface area contributed by atoms with Gasteiger partial charge in [0.15, 0.2) is 11.5 Å². The van der Waals surface area contributed by atoms with Crippen LogP contribution in [0.2, 0.25) is 0 Å². The van der Waals surface area contributed by atoms with E-state index in [0.29, 0.717) is 12.8 Å². The summed E-state index contributed by atoms with van der Waals surface area (Å²) in [4.78, 5) is 24.3. The average Bonchev–Trinajstić information content (AvgIpc) is 2.64. The van der Waals surface area contributed by atoms with E-state index in [-0.39, 0.29) is 30.6 Å². The summed E-state index contributed by atoms with van der Waals surface area (Å²) >= 11 is 3.95. The van der Waals surface area contributed by atoms with Crippen LogP contribution >= 0.6 is 12.6 Å². The number of halogens is 2. The standard InChI is InChI=1S/C22H28F2O4S/c1-11-4-5-13-14-9-16(23)15-8-12(25)6-7-19(15,2)21(14,24)17(26)10-20(13,3)22(11,28)18(27)29/h6-7,11,13-14,17,26,28H,4-5,8-10H2,1-3H3,(H,27,29)/t11-,13?,14?,17+,19+,20+,21+,22+/m1/s1. The Hall–Kier alpha value is -1.05. The zero-order valence-corrected chi connectivity index (χ0v) is 17.8. The lowest BCUT2D eigenvalue weighted by Gasteiger charge is -2.66. The summed E-state index contributed by atoms with van der Waals surface area (Å²) < 4.78 is 32.1. The largest absolute Gasteiger partial charge is 0.390 e. The van der Waals surface area contributed by atoms with Crippen molar-refractivity contribution in [3.63, 3.8) is 0 Å². The van der Waals surface area contributed by atoms with Crippen LogP contribution in [0.5, 0.6) is 0 Å². The quantitative estimate of drug-likeness (QED) is 0.562. The lowest BCUT2D eigenvalue weighted by atomic mass is 9.40. The number of alkyl halides is 1. The summed E-state index contributed by atoms with van der Waals surface area (Å²) in [5.74, 6) is -2.64. The minimum Gasteiger partial charge on any atom is -0.390 e. The van der Waals surface area contributed by atoms with Crippen molar-refractivity contribution in [2.75, 3.05) is 0 Å². The highest BCUT2D eigenvalue weighted by molar-refractivity contribution is 7.96. The second-order valence-corrected chi connectivity index (χ2v) is 10.3. The van der Waals surface area contributed by atoms with Gasteiger partial charge in [-0.2, -0.15) is 0 Å². The number of carbonyl (C=O) groups is 2. The van der Waals surface area contributed by atoms with E-state index in [4.69, 9.17) is 0 Å². The SMILES string of the molecule is C[C@@H]1CCC2C3CC(F)=C4CC(=O)C=C[C@]4(C)[C@@]3(F)[C@@H](O)C[C@]2(C)[C@@]1(O)C(=O)S. The molecule has 4 aliphatic carbocycles. The molecule has 7 heteroatoms. The molecule has 4 nitrogen and oxygen atoms in total. The van der Waals surface area contributed by atoms with Crippen molar-refractivity contribution in [2.24, 2.45) is 28.6 Å². The van der Waals surface area contributed by atoms with Gasteiger partial charge in [-0.1, -0.05) is 19.9 Å². The number of hydrogen-bond acceptors (Lipinski definition) is 4. The van der Waals surface area contributed by atoms with Gasteiger partial charge in [0.05, 0.1) is 6.10 Å². The Balaban J connectivity index is 1.90. The molecule has 2 N–H and O–H groups in total. The second-order valence-electron chi connectivity index (χ2n) is 9.93. The van der Waals surface area contributed by atoms with Gasteiger partial charge in [0, 0.05) is 29.6 Å². The van der Waals surface area contributed by atoms with Crippen molar-refractivity contribution in [1.29, 1.82) is 0 Å². The van der Waals surface area contributed by atoms with Crippen molar-refractivity contribution in [3.05, 3.63) is 23.6 Å². The summed E-state index contributed by atoms with van der Waals surface area (Å²) in [6.07, 6.45) is 1.58. The maximum Gasteiger partial charge on any atom is 0.218 e. The van der Waals surface area contributed by atoms with E-state index in [0.717, 1.165) is 0 Å². The van der Waals surface area contributed by atoms with Gasteiger partial charge in [-0.3, -0.25) is 9.59 Å². The topological polar surface area (TPSA) is 74.6 Å². The van der Waals surface area contributed by atoms with Crippen LogP contribution in [0.1, 0.15) is 52.9 Å². The van der Waals surface area contributed by atoms with Gasteiger partial charge in [-0.15, -0.1) is 12.6 Å². The minimum atomic E-state index is -2.19. The van der Waals surface area contributed by atoms with Crippen LogP contribution in [0.25, 0.3) is 0 Å². The first-order valence-electron chi connectivity index (χ1n) is 10.3. The summed E-state index contributed by atoms with van der Waals surface area (Å²) in [5, 5.41) is 21.9. The second kappa shape index (κ2) is 6.24. The van der Waals surface area contributed by atoms with Crippen LogP contribution in [-0.2, 0) is 9.59 Å². The highest BCUT2D eigenvalue weighted by Gasteiger charge is 2.74. The Morgan fingerprint density at radius 2 is 1.93 bits per heavy atom. The molecule has 0 aromatic heterocycles. The number of aliphatic hydroxyl groups excluding tert-OH is 1. The van der Waals surface area contributed by atoms with E-state index in [9.17, 15) is 19.8 Å². The van der Waals surface area contributed by atoms with Crippen LogP contribution in [0.3, 0.4) is 0 Å². The average molecular weight is 427 g/mol. The molecule has 4 aliphatic rings. The van der Waals surface area contributed by atoms with Gasteiger partial charge in [-0.05, 0) is 49.7 Å². The smallest absolute Gasteiger partial charge is 0.218 e. The Bertz CT molecular complexity index is 856. The molecule has 4 rings (SSSR count). The maximum absolute atomic E-state index is 16.9. The maximum atomic E-state index is 16.9. The number of rotatable bonds is 1. The van der Waals surface area contributed by atoms with Gasteiger partial charge in [0.25, 0.3) is 0 Å². The molecule has 0 aliphatic heterocycles. The number of aliphatic hydroxyl groups is 2. The molecule has 0 amide bonds. The third-order valence-corrected chi connectivity index (χ3v) is 9.21. The molecule has 0 radical (unpaired) electrons. The zero-order valence-electron chi connectivity index (χ0n) is 16.9. The number of ketones is 1. The van der Waals surface area contributed by atoms with Crippen molar-refractivity contribution in [1.82, 2.24) is 0 Å². The van der Waals surface area contributed by atoms with Crippen LogP contribution in [-0.4, -0.2) is 38.5 Å². The third-order valence-electron chi connectivity index (χ3n) is 8.87. The fourth-order valence-electron chi connectivity index (χ4n) is 7.15. The summed E-state index contributed by atoms with van der Waals surface area (Å²) in [6.45, 7) is 5.00. The Morgan fingerprint density at radius 3 is 2.55 bits per heavy atom. The molecular weight excluding hydrogens is 398 g/mol. The molecule has 0 aromatic rings. The van der Waals surface area contributed by atoms with Gasteiger partial charge in [0.2, 0.25) is 5.12 Å². The molecule has 29 heavy (non-hydrogen) atoms. The van der Waals surface area contributed by atoms with E-state index in [1.54, 1.807) is 20.8 Å². The third kappa shape index (κ3) is 2.32. The highest BCUT2D eigenvalue weighted by atomic mass is 32.1. The van der Waals surface area contributed by atoms with E-state index < -0.39 is 56.9 Å². The van der Waals surface area contributed by atoms with Crippen LogP contribution < -0.4 is 0 Å². The van der Waals surface area contributed by atoms with E-state index in [1.165, 1.54) is 12.2 Å². The van der Waals surface area contributed by atoms with Crippen molar-refractivity contribution in [3.8, 4) is 0 Å². The number of carbonyl (C=O) groups excluding carboxylic acids is 2. The van der Waals surface area contributed by atoms with Gasteiger partial charge < -0.3 is 10.2 Å². The molecule has 2 fully saturated rings. The molecule has 2 saturated carbocycles. The zero-order chi connectivity index (χ0) is 21.6. The van der Waals surface area contributed by atoms with Gasteiger partial charge in [-0.25, -0.2) is 8.78 Å². The van der Waals surface area contributed by atoms with Gasteiger partial charge >= 0.3 is 0 Å². The number of fused-ring (bicyclic) bond motifs is 5. The Kier molecular flexibility index (Phi) is 4.56. The Labute approximate surface area is 174 Å². The summed E-state index contributed by atoms with van der Waals surface area (Å²) in [7, 11) is 0. The Morgan fingerprint density at radius 1 is 1.28 bits per heavy atom. The van der Waals surface area contributed by atoms with E-state index >= 15 is 8.78 Å². The molecule has 0 heterocycles. The fourth-order valence-corrected chi connectivity index (χ4v) is 7.63. The number of thiol groups is 1. The first kappa shape index (κ1) is 21.2. The molecule has 8 atom stereocenters. The molecular formula is C22H28F2O4S. The predicted molar refractivity (Wildman–Crippen MR) is 107 cm³/mol. The monoisotopic (exact) mass is 426 g/mol. The highest BCUT2D eigenvalue weighted by Crippen LogP contribution is 2.69.